The van der Waals surface area contributed by atoms with Crippen molar-refractivity contribution in [2.75, 3.05) is 11.9 Å². The molecule has 0 bridgehead atoms. The van der Waals surface area contributed by atoms with Gasteiger partial charge in [0.05, 0.1) is 5.56 Å². The van der Waals surface area contributed by atoms with Gasteiger partial charge in [-0.1, -0.05) is 17.2 Å². The zero-order valence-corrected chi connectivity index (χ0v) is 11.6. The second-order valence-electron chi connectivity index (χ2n) is 5.00. The maximum atomic E-state index is 12.6. The van der Waals surface area contributed by atoms with Crippen LogP contribution in [0, 0.1) is 0 Å². The molecular formula is C14H14F3N3O2. The fraction of sp³-hybridized carbons (Fsp3) is 0.429. The number of hydrogen-bond acceptors (Lipinski definition) is 5. The lowest BCUT2D eigenvalue weighted by atomic mass is 10.1. The van der Waals surface area contributed by atoms with Crippen LogP contribution in [0.5, 0.6) is 0 Å². The molecule has 0 amide bonds. The Bertz CT molecular complexity index is 636. The van der Waals surface area contributed by atoms with Crippen LogP contribution in [-0.4, -0.2) is 16.8 Å². The second-order valence-corrected chi connectivity index (χ2v) is 5.00. The molecule has 0 spiro atoms. The van der Waals surface area contributed by atoms with E-state index < -0.39 is 11.7 Å². The quantitative estimate of drug-likeness (QED) is 0.935. The number of rotatable bonds is 4. The van der Waals surface area contributed by atoms with E-state index >= 15 is 0 Å². The summed E-state index contributed by atoms with van der Waals surface area (Å²) in [6.07, 6.45) is -2.76. The van der Waals surface area contributed by atoms with Crippen LogP contribution in [0.25, 0.3) is 0 Å². The average Bonchev–Trinajstić information content (AvgIpc) is 3.15. The van der Waals surface area contributed by atoms with Gasteiger partial charge in [0, 0.05) is 13.2 Å². The molecule has 1 atom stereocenters. The molecule has 1 N–H and O–H groups in total. The summed E-state index contributed by atoms with van der Waals surface area (Å²) in [7, 11) is 0. The lowest BCUT2D eigenvalue weighted by Gasteiger charge is -2.08. The van der Waals surface area contributed by atoms with Crippen LogP contribution in [0.4, 0.5) is 19.2 Å². The van der Waals surface area contributed by atoms with Gasteiger partial charge in [0.25, 0.3) is 0 Å². The third kappa shape index (κ3) is 3.38. The standard InChI is InChI=1S/C14H14F3N3O2/c15-14(16,17)10-4-1-3-9(7-10)8-18-13-20-19-12(22-13)11-5-2-6-21-11/h1,3-4,7,11H,2,5-6,8H2,(H,18,20)/t11-/m0/s1. The molecule has 2 heterocycles. The Kier molecular flexibility index (Phi) is 4.02. The maximum absolute atomic E-state index is 12.6. The fourth-order valence-electron chi connectivity index (χ4n) is 2.24. The molecule has 1 aliphatic rings. The van der Waals surface area contributed by atoms with Gasteiger partial charge in [-0.3, -0.25) is 0 Å². The summed E-state index contributed by atoms with van der Waals surface area (Å²) < 4.78 is 48.7. The van der Waals surface area contributed by atoms with E-state index in [1.165, 1.54) is 6.07 Å². The van der Waals surface area contributed by atoms with Gasteiger partial charge in [-0.15, -0.1) is 5.10 Å². The molecule has 1 aromatic heterocycles. The van der Waals surface area contributed by atoms with Crippen molar-refractivity contribution in [3.05, 3.63) is 41.3 Å². The Labute approximate surface area is 124 Å². The molecule has 1 saturated heterocycles. The van der Waals surface area contributed by atoms with E-state index in [0.29, 0.717) is 18.1 Å². The number of ether oxygens (including phenoxy) is 1. The number of nitrogens with one attached hydrogen (secondary N) is 1. The van der Waals surface area contributed by atoms with Crippen LogP contribution in [0.2, 0.25) is 0 Å². The summed E-state index contributed by atoms with van der Waals surface area (Å²) in [5.74, 6) is 0.393. The molecule has 1 aromatic carbocycles. The summed E-state index contributed by atoms with van der Waals surface area (Å²) in [5, 5.41) is 10.5. The fourth-order valence-corrected chi connectivity index (χ4v) is 2.24. The third-order valence-electron chi connectivity index (χ3n) is 3.34. The highest BCUT2D eigenvalue weighted by molar-refractivity contribution is 5.29. The Hall–Kier alpha value is -2.09. The number of aromatic nitrogens is 2. The van der Waals surface area contributed by atoms with Gasteiger partial charge >= 0.3 is 12.2 Å². The molecule has 0 saturated carbocycles. The minimum atomic E-state index is -4.35. The van der Waals surface area contributed by atoms with Crippen molar-refractivity contribution in [2.45, 2.75) is 31.7 Å². The molecule has 0 aliphatic carbocycles. The molecule has 1 aliphatic heterocycles. The molecule has 1 fully saturated rings. The molecule has 3 rings (SSSR count). The van der Waals surface area contributed by atoms with Crippen LogP contribution in [0.1, 0.15) is 36.0 Å². The zero-order chi connectivity index (χ0) is 15.6. The molecule has 2 aromatic rings. The van der Waals surface area contributed by atoms with Gasteiger partial charge in [0.1, 0.15) is 6.10 Å². The monoisotopic (exact) mass is 313 g/mol. The topological polar surface area (TPSA) is 60.2 Å². The molecule has 0 unspecified atom stereocenters. The largest absolute Gasteiger partial charge is 0.416 e. The molecule has 22 heavy (non-hydrogen) atoms. The number of benzene rings is 1. The van der Waals surface area contributed by atoms with E-state index in [-0.39, 0.29) is 18.7 Å². The summed E-state index contributed by atoms with van der Waals surface area (Å²) >= 11 is 0. The van der Waals surface area contributed by atoms with Gasteiger partial charge in [0.2, 0.25) is 5.89 Å². The number of anilines is 1. The number of nitrogens with zero attached hydrogens (tertiary/aromatic N) is 2. The van der Waals surface area contributed by atoms with Crippen molar-refractivity contribution in [1.29, 1.82) is 0 Å². The van der Waals surface area contributed by atoms with Crippen molar-refractivity contribution in [1.82, 2.24) is 10.2 Å². The minimum Gasteiger partial charge on any atom is -0.405 e. The van der Waals surface area contributed by atoms with Crippen molar-refractivity contribution in [3.8, 4) is 0 Å². The van der Waals surface area contributed by atoms with Crippen LogP contribution >= 0.6 is 0 Å². The Morgan fingerprint density at radius 1 is 1.27 bits per heavy atom. The first-order valence-electron chi connectivity index (χ1n) is 6.87. The first kappa shape index (κ1) is 14.8. The van der Waals surface area contributed by atoms with Gasteiger partial charge in [-0.2, -0.15) is 13.2 Å². The van der Waals surface area contributed by atoms with Gasteiger partial charge < -0.3 is 14.5 Å². The highest BCUT2D eigenvalue weighted by atomic mass is 19.4. The van der Waals surface area contributed by atoms with Crippen LogP contribution < -0.4 is 5.32 Å². The van der Waals surface area contributed by atoms with E-state index in [2.05, 4.69) is 15.5 Å². The number of hydrogen-bond donors (Lipinski definition) is 1. The van der Waals surface area contributed by atoms with E-state index in [0.717, 1.165) is 25.0 Å². The predicted octanol–water partition coefficient (Wildman–Crippen LogP) is 3.55. The van der Waals surface area contributed by atoms with Crippen molar-refractivity contribution in [2.24, 2.45) is 0 Å². The van der Waals surface area contributed by atoms with Crippen LogP contribution in [0.15, 0.2) is 28.7 Å². The molecular weight excluding hydrogens is 299 g/mol. The van der Waals surface area contributed by atoms with Gasteiger partial charge in [0.15, 0.2) is 0 Å². The van der Waals surface area contributed by atoms with Crippen LogP contribution in [0.3, 0.4) is 0 Å². The minimum absolute atomic E-state index is 0.164. The van der Waals surface area contributed by atoms with E-state index in [1.54, 1.807) is 6.07 Å². The van der Waals surface area contributed by atoms with Crippen molar-refractivity contribution < 1.29 is 22.3 Å². The van der Waals surface area contributed by atoms with Crippen molar-refractivity contribution in [3.63, 3.8) is 0 Å². The first-order valence-corrected chi connectivity index (χ1v) is 6.87. The summed E-state index contributed by atoms with van der Waals surface area (Å²) in [6.45, 7) is 0.830. The maximum Gasteiger partial charge on any atom is 0.416 e. The lowest BCUT2D eigenvalue weighted by molar-refractivity contribution is -0.137. The van der Waals surface area contributed by atoms with E-state index in [9.17, 15) is 13.2 Å². The highest BCUT2D eigenvalue weighted by Gasteiger charge is 2.30. The summed E-state index contributed by atoms with van der Waals surface area (Å²) in [6, 6.07) is 5.25. The lowest BCUT2D eigenvalue weighted by Crippen LogP contribution is -2.07. The zero-order valence-electron chi connectivity index (χ0n) is 11.6. The normalized spacial score (nSPS) is 18.6. The average molecular weight is 313 g/mol. The molecule has 0 radical (unpaired) electrons. The SMILES string of the molecule is FC(F)(F)c1cccc(CNc2nnc([C@@H]3CCCO3)o2)c1. The van der Waals surface area contributed by atoms with Crippen molar-refractivity contribution >= 4 is 6.01 Å². The Morgan fingerprint density at radius 3 is 2.86 bits per heavy atom. The molecule has 118 valence electrons. The van der Waals surface area contributed by atoms with Gasteiger partial charge in [-0.25, -0.2) is 0 Å². The first-order chi connectivity index (χ1) is 10.5. The van der Waals surface area contributed by atoms with Crippen LogP contribution in [-0.2, 0) is 17.5 Å². The Morgan fingerprint density at radius 2 is 2.14 bits per heavy atom. The predicted molar refractivity (Wildman–Crippen MR) is 71.0 cm³/mol. The van der Waals surface area contributed by atoms with E-state index in [1.807, 2.05) is 0 Å². The summed E-state index contributed by atoms with van der Waals surface area (Å²) in [5.41, 5.74) is -0.205. The number of alkyl halides is 3. The Balaban J connectivity index is 1.63. The molecule has 5 nitrogen and oxygen atoms in total. The highest BCUT2D eigenvalue weighted by Crippen LogP contribution is 2.30. The summed E-state index contributed by atoms with van der Waals surface area (Å²) in [4.78, 5) is 0. The second kappa shape index (κ2) is 5.96. The molecule has 8 heteroatoms. The van der Waals surface area contributed by atoms with E-state index in [4.69, 9.17) is 9.15 Å². The van der Waals surface area contributed by atoms with Gasteiger partial charge in [-0.05, 0) is 30.5 Å². The third-order valence-corrected chi connectivity index (χ3v) is 3.34. The smallest absolute Gasteiger partial charge is 0.405 e. The number of halogens is 3.